The largest absolute Gasteiger partial charge is 0.465 e. The number of ether oxygens (including phenoxy) is 2. The molecule has 130 valence electrons. The normalized spacial score (nSPS) is 16.2. The van der Waals surface area contributed by atoms with Crippen molar-refractivity contribution in [2.75, 3.05) is 7.11 Å². The minimum absolute atomic E-state index is 0.0163. The first-order valence-electron chi connectivity index (χ1n) is 7.57. The smallest absolute Gasteiger partial charge is 0.340 e. The lowest BCUT2D eigenvalue weighted by molar-refractivity contribution is -0.136. The van der Waals surface area contributed by atoms with Crippen molar-refractivity contribution < 1.29 is 18.7 Å². The number of hydrogen-bond donors (Lipinski definition) is 1. The Bertz CT molecular complexity index is 945. The van der Waals surface area contributed by atoms with Gasteiger partial charge < -0.3 is 19.8 Å². The fourth-order valence-corrected chi connectivity index (χ4v) is 2.94. The fourth-order valence-electron chi connectivity index (χ4n) is 2.94. The van der Waals surface area contributed by atoms with Crippen LogP contribution in [0.4, 0.5) is 4.39 Å². The van der Waals surface area contributed by atoms with Gasteiger partial charge in [0.15, 0.2) is 0 Å². The highest BCUT2D eigenvalue weighted by molar-refractivity contribution is 5.92. The predicted molar refractivity (Wildman–Crippen MR) is 88.5 cm³/mol. The Kier molecular flexibility index (Phi) is 4.08. The van der Waals surface area contributed by atoms with E-state index >= 15 is 0 Å². The highest BCUT2D eigenvalue weighted by Gasteiger charge is 2.37. The molecule has 3 rings (SSSR count). The molecule has 0 radical (unpaired) electrons. The summed E-state index contributed by atoms with van der Waals surface area (Å²) in [7, 11) is 2.84. The van der Waals surface area contributed by atoms with Gasteiger partial charge in [-0.1, -0.05) is 12.1 Å². The van der Waals surface area contributed by atoms with Gasteiger partial charge in [0.2, 0.25) is 5.88 Å². The Morgan fingerprint density at radius 3 is 2.56 bits per heavy atom. The van der Waals surface area contributed by atoms with Crippen molar-refractivity contribution in [3.8, 4) is 5.75 Å². The van der Waals surface area contributed by atoms with Crippen LogP contribution in [-0.4, -0.2) is 17.6 Å². The second-order valence-corrected chi connectivity index (χ2v) is 5.78. The zero-order valence-electron chi connectivity index (χ0n) is 14.0. The number of carbonyl (C=O) groups is 1. The number of rotatable bonds is 2. The van der Waals surface area contributed by atoms with Crippen LogP contribution in [0.5, 0.6) is 5.75 Å². The average Bonchev–Trinajstić information content (AvgIpc) is 2.59. The Morgan fingerprint density at radius 1 is 1.32 bits per heavy atom. The molecular formula is C18H17FN2O4. The Labute approximate surface area is 143 Å². The average molecular weight is 344 g/mol. The first-order valence-corrected chi connectivity index (χ1v) is 7.57. The number of benzene rings is 1. The summed E-state index contributed by atoms with van der Waals surface area (Å²) < 4.78 is 25.1. The number of hydrogen-bond acceptors (Lipinski definition) is 5. The number of nitrogens with two attached hydrogens (primary N) is 1. The second kappa shape index (κ2) is 6.08. The lowest BCUT2D eigenvalue weighted by atomic mass is 9.83. The van der Waals surface area contributed by atoms with Crippen LogP contribution in [0.15, 0.2) is 46.6 Å². The molecule has 1 unspecified atom stereocenters. The van der Waals surface area contributed by atoms with Gasteiger partial charge in [-0.2, -0.15) is 0 Å². The fraction of sp³-hybridized carbons (Fsp3) is 0.222. The first-order chi connectivity index (χ1) is 11.8. The number of halogens is 1. The van der Waals surface area contributed by atoms with Crippen LogP contribution in [-0.2, 0) is 16.6 Å². The molecule has 0 saturated carbocycles. The monoisotopic (exact) mass is 344 g/mol. The van der Waals surface area contributed by atoms with Crippen LogP contribution in [0.3, 0.4) is 0 Å². The van der Waals surface area contributed by atoms with E-state index in [-0.39, 0.29) is 28.3 Å². The van der Waals surface area contributed by atoms with Crippen molar-refractivity contribution >= 4 is 5.97 Å². The van der Waals surface area contributed by atoms with Crippen LogP contribution < -0.4 is 16.0 Å². The molecule has 7 heteroatoms. The van der Waals surface area contributed by atoms with E-state index in [9.17, 15) is 14.0 Å². The molecule has 6 nitrogen and oxygen atoms in total. The van der Waals surface area contributed by atoms with Crippen molar-refractivity contribution in [1.29, 1.82) is 0 Å². The summed E-state index contributed by atoms with van der Waals surface area (Å²) >= 11 is 0. The first kappa shape index (κ1) is 16.8. The minimum Gasteiger partial charge on any atom is -0.465 e. The van der Waals surface area contributed by atoms with Gasteiger partial charge in [0.05, 0.1) is 18.6 Å². The Balaban J connectivity index is 2.34. The van der Waals surface area contributed by atoms with Gasteiger partial charge in [-0.3, -0.25) is 4.79 Å². The van der Waals surface area contributed by atoms with Gasteiger partial charge in [0.25, 0.3) is 5.56 Å². The number of nitrogens with zero attached hydrogens (tertiary/aromatic N) is 1. The number of pyridine rings is 1. The summed E-state index contributed by atoms with van der Waals surface area (Å²) in [5.74, 6) is -1.80. The molecule has 1 atom stereocenters. The lowest BCUT2D eigenvalue weighted by Crippen LogP contribution is -2.34. The summed E-state index contributed by atoms with van der Waals surface area (Å²) in [4.78, 5) is 25.1. The molecule has 0 amide bonds. The third-order valence-electron chi connectivity index (χ3n) is 4.34. The Hall–Kier alpha value is -3.09. The molecule has 0 spiro atoms. The zero-order chi connectivity index (χ0) is 18.3. The molecule has 1 aliphatic rings. The van der Waals surface area contributed by atoms with Crippen molar-refractivity contribution in [2.45, 2.75) is 12.8 Å². The molecular weight excluding hydrogens is 327 g/mol. The maximum absolute atomic E-state index is 13.3. The van der Waals surface area contributed by atoms with Crippen LogP contribution >= 0.6 is 0 Å². The third kappa shape index (κ3) is 2.67. The molecule has 2 heterocycles. The van der Waals surface area contributed by atoms with Gasteiger partial charge in [-0.15, -0.1) is 0 Å². The van der Waals surface area contributed by atoms with Gasteiger partial charge in [-0.05, 0) is 24.6 Å². The van der Waals surface area contributed by atoms with E-state index in [0.717, 1.165) is 0 Å². The topological polar surface area (TPSA) is 83.5 Å². The van der Waals surface area contributed by atoms with Crippen LogP contribution in [0.2, 0.25) is 0 Å². The molecule has 0 aliphatic carbocycles. The number of fused-ring (bicyclic) bond motifs is 1. The molecule has 25 heavy (non-hydrogen) atoms. The molecule has 1 aromatic carbocycles. The molecule has 2 N–H and O–H groups in total. The Morgan fingerprint density at radius 2 is 1.96 bits per heavy atom. The lowest BCUT2D eigenvalue weighted by Gasteiger charge is -2.28. The van der Waals surface area contributed by atoms with E-state index < -0.39 is 17.7 Å². The minimum atomic E-state index is -0.809. The molecule has 1 aliphatic heterocycles. The molecule has 0 fully saturated rings. The molecule has 1 aromatic heterocycles. The highest BCUT2D eigenvalue weighted by Crippen LogP contribution is 2.41. The SMILES string of the molecule is COC(=O)C1=C(N)Oc2cc(C)n(C)c(=O)c2C1c1ccc(F)cc1. The van der Waals surface area contributed by atoms with E-state index in [0.29, 0.717) is 11.3 Å². The number of carbonyl (C=O) groups excluding carboxylic acids is 1. The van der Waals surface area contributed by atoms with Crippen molar-refractivity contribution in [2.24, 2.45) is 12.8 Å². The number of esters is 1. The zero-order valence-corrected chi connectivity index (χ0v) is 14.0. The van der Waals surface area contributed by atoms with Crippen LogP contribution in [0, 0.1) is 12.7 Å². The number of methoxy groups -OCH3 is 1. The molecule has 0 saturated heterocycles. The second-order valence-electron chi connectivity index (χ2n) is 5.78. The van der Waals surface area contributed by atoms with Crippen LogP contribution in [0.25, 0.3) is 0 Å². The van der Waals surface area contributed by atoms with E-state index in [1.54, 1.807) is 20.0 Å². The van der Waals surface area contributed by atoms with Gasteiger partial charge in [-0.25, -0.2) is 9.18 Å². The van der Waals surface area contributed by atoms with Gasteiger partial charge in [0, 0.05) is 18.8 Å². The highest BCUT2D eigenvalue weighted by atomic mass is 19.1. The quantitative estimate of drug-likeness (QED) is 0.839. The van der Waals surface area contributed by atoms with Crippen molar-refractivity contribution in [3.63, 3.8) is 0 Å². The van der Waals surface area contributed by atoms with E-state index in [2.05, 4.69) is 0 Å². The summed E-state index contributed by atoms with van der Waals surface area (Å²) in [6, 6.07) is 7.20. The maximum Gasteiger partial charge on any atom is 0.340 e. The molecule has 2 aromatic rings. The van der Waals surface area contributed by atoms with E-state index in [1.165, 1.54) is 35.9 Å². The van der Waals surface area contributed by atoms with E-state index in [4.69, 9.17) is 15.2 Å². The van der Waals surface area contributed by atoms with Crippen LogP contribution in [0.1, 0.15) is 22.7 Å². The summed E-state index contributed by atoms with van der Waals surface area (Å²) in [6.45, 7) is 1.76. The summed E-state index contributed by atoms with van der Waals surface area (Å²) in [5.41, 5.74) is 7.11. The number of aryl methyl sites for hydroxylation is 1. The van der Waals surface area contributed by atoms with E-state index in [1.807, 2.05) is 0 Å². The van der Waals surface area contributed by atoms with Gasteiger partial charge >= 0.3 is 5.97 Å². The third-order valence-corrected chi connectivity index (χ3v) is 4.34. The summed E-state index contributed by atoms with van der Waals surface area (Å²) in [5, 5.41) is 0. The molecule has 0 bridgehead atoms. The maximum atomic E-state index is 13.3. The summed E-state index contributed by atoms with van der Waals surface area (Å²) in [6.07, 6.45) is 0. The number of aromatic nitrogens is 1. The standard InChI is InChI=1S/C18H17FN2O4/c1-9-8-12-14(17(22)21(9)2)13(10-4-6-11(19)7-5-10)15(16(20)25-12)18(23)24-3/h4-8,13H,20H2,1-3H3. The van der Waals surface area contributed by atoms with Crippen molar-refractivity contribution in [1.82, 2.24) is 4.57 Å². The predicted octanol–water partition coefficient (Wildman–Crippen LogP) is 1.70. The van der Waals surface area contributed by atoms with Crippen molar-refractivity contribution in [3.05, 3.63) is 74.8 Å². The van der Waals surface area contributed by atoms with Gasteiger partial charge in [0.1, 0.15) is 17.1 Å².